The maximum atomic E-state index is 13.0. The molecule has 3 rings (SSSR count). The van der Waals surface area contributed by atoms with Crippen molar-refractivity contribution in [3.05, 3.63) is 71.0 Å². The van der Waals surface area contributed by atoms with Crippen LogP contribution in [0.1, 0.15) is 16.7 Å². The summed E-state index contributed by atoms with van der Waals surface area (Å²) >= 11 is 1.39. The van der Waals surface area contributed by atoms with Gasteiger partial charge < -0.3 is 14.7 Å². The minimum absolute atomic E-state index is 0.210. The Balaban J connectivity index is 1.41. The number of carbonyl (C=O) groups excluding carboxylic acids is 1. The Bertz CT molecular complexity index is 900. The molecule has 8 heteroatoms. The number of thioether (sulfide) groups is 1. The van der Waals surface area contributed by atoms with Gasteiger partial charge in [0.25, 0.3) is 0 Å². The Morgan fingerprint density at radius 1 is 1.00 bits per heavy atom. The van der Waals surface area contributed by atoms with E-state index in [4.69, 9.17) is 4.74 Å². The number of aliphatic carboxylic acids is 1. The lowest BCUT2D eigenvalue weighted by molar-refractivity contribution is -0.146. The summed E-state index contributed by atoms with van der Waals surface area (Å²) in [7, 11) is 2.07. The van der Waals surface area contributed by atoms with Crippen molar-refractivity contribution in [1.29, 1.82) is 0 Å². The molecule has 1 unspecified atom stereocenters. The molecule has 1 N–H and O–H groups in total. The Hall–Kier alpha value is -2.42. The van der Waals surface area contributed by atoms with E-state index in [1.54, 1.807) is 12.1 Å². The number of carboxylic acids is 1. The standard InChI is InChI=1S/C25H31FN2O4S/c1-27-11-13-28(14-12-27)17-24(29)32-18-21-4-2-20(3-5-21)16-23(25(30)31)33-15-10-19-6-8-22(26)9-7-19/h2-9,23H,10-18H2,1H3,(H,30,31). The number of likely N-dealkylation sites (N-methyl/N-ethyl adjacent to an activating group) is 1. The van der Waals surface area contributed by atoms with Gasteiger partial charge in [0.1, 0.15) is 17.7 Å². The number of hydrogen-bond acceptors (Lipinski definition) is 6. The van der Waals surface area contributed by atoms with Gasteiger partial charge in [-0.15, -0.1) is 11.8 Å². The predicted molar refractivity (Wildman–Crippen MR) is 128 cm³/mol. The van der Waals surface area contributed by atoms with Crippen LogP contribution in [-0.4, -0.2) is 77.6 Å². The molecule has 2 aromatic carbocycles. The second kappa shape index (κ2) is 12.7. The molecule has 1 heterocycles. The molecule has 0 aromatic heterocycles. The SMILES string of the molecule is CN1CCN(CC(=O)OCc2ccc(CC(SCCc3ccc(F)cc3)C(=O)O)cc2)CC1. The molecule has 0 spiro atoms. The third-order valence-electron chi connectivity index (χ3n) is 5.69. The third kappa shape index (κ3) is 8.79. The van der Waals surface area contributed by atoms with Crippen LogP contribution in [0.5, 0.6) is 0 Å². The summed E-state index contributed by atoms with van der Waals surface area (Å²) in [4.78, 5) is 28.1. The first-order valence-corrected chi connectivity index (χ1v) is 12.2. The molecule has 1 fully saturated rings. The molecule has 178 valence electrons. The van der Waals surface area contributed by atoms with Gasteiger partial charge in [0.15, 0.2) is 0 Å². The molecule has 33 heavy (non-hydrogen) atoms. The Kier molecular flexibility index (Phi) is 9.72. The number of nitrogens with zero attached hydrogens (tertiary/aromatic N) is 2. The molecule has 1 aliphatic heterocycles. The number of carboxylic acid groups (broad SMARTS) is 1. The van der Waals surface area contributed by atoms with Crippen molar-refractivity contribution in [2.24, 2.45) is 0 Å². The van der Waals surface area contributed by atoms with Gasteiger partial charge in [-0.1, -0.05) is 36.4 Å². The van der Waals surface area contributed by atoms with Crippen LogP contribution < -0.4 is 0 Å². The molecular formula is C25H31FN2O4S. The van der Waals surface area contributed by atoms with Crippen molar-refractivity contribution in [2.75, 3.05) is 45.5 Å². The molecule has 0 saturated carbocycles. The summed E-state index contributed by atoms with van der Waals surface area (Å²) in [5.74, 6) is -0.708. The topological polar surface area (TPSA) is 70.1 Å². The van der Waals surface area contributed by atoms with Gasteiger partial charge in [-0.05, 0) is 54.5 Å². The van der Waals surface area contributed by atoms with E-state index in [1.165, 1.54) is 23.9 Å². The lowest BCUT2D eigenvalue weighted by Crippen LogP contribution is -2.46. The quantitative estimate of drug-likeness (QED) is 0.502. The monoisotopic (exact) mass is 474 g/mol. The molecule has 0 radical (unpaired) electrons. The van der Waals surface area contributed by atoms with Gasteiger partial charge >= 0.3 is 11.9 Å². The first-order chi connectivity index (χ1) is 15.9. The number of benzene rings is 2. The Morgan fingerprint density at radius 3 is 2.24 bits per heavy atom. The summed E-state index contributed by atoms with van der Waals surface area (Å²) in [5, 5.41) is 9.02. The molecule has 2 aromatic rings. The smallest absolute Gasteiger partial charge is 0.320 e. The van der Waals surface area contributed by atoms with Crippen molar-refractivity contribution in [2.45, 2.75) is 24.7 Å². The van der Waals surface area contributed by atoms with Crippen LogP contribution in [-0.2, 0) is 33.8 Å². The van der Waals surface area contributed by atoms with E-state index in [0.717, 1.165) is 42.9 Å². The Morgan fingerprint density at radius 2 is 1.61 bits per heavy atom. The fourth-order valence-electron chi connectivity index (χ4n) is 3.57. The molecular weight excluding hydrogens is 443 g/mol. The van der Waals surface area contributed by atoms with Gasteiger partial charge in [0.05, 0.1) is 6.54 Å². The highest BCUT2D eigenvalue weighted by Crippen LogP contribution is 2.19. The normalized spacial score (nSPS) is 15.8. The van der Waals surface area contributed by atoms with Gasteiger partial charge in [-0.3, -0.25) is 14.5 Å². The van der Waals surface area contributed by atoms with Gasteiger partial charge in [-0.25, -0.2) is 4.39 Å². The number of esters is 1. The third-order valence-corrected chi connectivity index (χ3v) is 6.90. The average Bonchev–Trinajstić information content (AvgIpc) is 2.80. The van der Waals surface area contributed by atoms with Crippen LogP contribution >= 0.6 is 11.8 Å². The summed E-state index contributed by atoms with van der Waals surface area (Å²) < 4.78 is 18.4. The zero-order chi connectivity index (χ0) is 23.6. The van der Waals surface area contributed by atoms with Crippen LogP contribution in [0.15, 0.2) is 48.5 Å². The van der Waals surface area contributed by atoms with E-state index in [1.807, 2.05) is 24.3 Å². The van der Waals surface area contributed by atoms with Crippen molar-refractivity contribution in [1.82, 2.24) is 9.80 Å². The predicted octanol–water partition coefficient (Wildman–Crippen LogP) is 3.09. The number of hydrogen-bond donors (Lipinski definition) is 1. The highest BCUT2D eigenvalue weighted by molar-refractivity contribution is 8.00. The molecule has 1 atom stereocenters. The summed E-state index contributed by atoms with van der Waals surface area (Å²) in [6.45, 7) is 4.16. The highest BCUT2D eigenvalue weighted by Gasteiger charge is 2.19. The zero-order valence-corrected chi connectivity index (χ0v) is 19.7. The van der Waals surface area contributed by atoms with Crippen LogP contribution in [0.3, 0.4) is 0 Å². The first kappa shape index (κ1) is 25.2. The largest absolute Gasteiger partial charge is 0.480 e. The number of carbonyl (C=O) groups is 2. The average molecular weight is 475 g/mol. The Labute approximate surface area is 198 Å². The first-order valence-electron chi connectivity index (χ1n) is 11.1. The zero-order valence-electron chi connectivity index (χ0n) is 18.9. The van der Waals surface area contributed by atoms with Crippen molar-refractivity contribution < 1.29 is 23.8 Å². The second-order valence-corrected chi connectivity index (χ2v) is 9.65. The van der Waals surface area contributed by atoms with Gasteiger partial charge in [0.2, 0.25) is 0 Å². The van der Waals surface area contributed by atoms with E-state index in [-0.39, 0.29) is 18.4 Å². The number of ether oxygens (including phenoxy) is 1. The van der Waals surface area contributed by atoms with E-state index in [9.17, 15) is 19.1 Å². The molecule has 1 aliphatic rings. The van der Waals surface area contributed by atoms with Crippen LogP contribution in [0, 0.1) is 5.82 Å². The van der Waals surface area contributed by atoms with Crippen molar-refractivity contribution >= 4 is 23.7 Å². The number of aryl methyl sites for hydroxylation is 1. The number of piperazine rings is 1. The number of rotatable bonds is 11. The van der Waals surface area contributed by atoms with E-state index >= 15 is 0 Å². The molecule has 0 bridgehead atoms. The van der Waals surface area contributed by atoms with Gasteiger partial charge in [-0.2, -0.15) is 0 Å². The minimum Gasteiger partial charge on any atom is -0.480 e. The van der Waals surface area contributed by atoms with Crippen molar-refractivity contribution in [3.8, 4) is 0 Å². The van der Waals surface area contributed by atoms with Gasteiger partial charge in [0, 0.05) is 26.2 Å². The summed E-state index contributed by atoms with van der Waals surface area (Å²) in [6.07, 6.45) is 1.10. The second-order valence-electron chi connectivity index (χ2n) is 8.33. The molecule has 6 nitrogen and oxygen atoms in total. The van der Waals surface area contributed by atoms with E-state index in [2.05, 4.69) is 16.8 Å². The fourth-order valence-corrected chi connectivity index (χ4v) is 4.66. The molecule has 0 amide bonds. The maximum Gasteiger partial charge on any atom is 0.320 e. The molecule has 1 saturated heterocycles. The van der Waals surface area contributed by atoms with Crippen molar-refractivity contribution in [3.63, 3.8) is 0 Å². The van der Waals surface area contributed by atoms with E-state index in [0.29, 0.717) is 25.1 Å². The number of halogens is 1. The summed E-state index contributed by atoms with van der Waals surface area (Å²) in [6, 6.07) is 13.8. The maximum absolute atomic E-state index is 13.0. The van der Waals surface area contributed by atoms with Crippen LogP contribution in [0.4, 0.5) is 4.39 Å². The lowest BCUT2D eigenvalue weighted by Gasteiger charge is -2.31. The fraction of sp³-hybridized carbons (Fsp3) is 0.440. The summed E-state index contributed by atoms with van der Waals surface area (Å²) in [5.41, 5.74) is 2.78. The minimum atomic E-state index is -0.846. The lowest BCUT2D eigenvalue weighted by atomic mass is 10.1. The van der Waals surface area contributed by atoms with Crippen LogP contribution in [0.2, 0.25) is 0 Å². The highest BCUT2D eigenvalue weighted by atomic mass is 32.2. The molecule has 0 aliphatic carbocycles. The van der Waals surface area contributed by atoms with Crippen LogP contribution in [0.25, 0.3) is 0 Å². The van der Waals surface area contributed by atoms with E-state index < -0.39 is 11.2 Å².